The molecule has 0 saturated heterocycles. The Labute approximate surface area is 135 Å². The van der Waals surface area contributed by atoms with Gasteiger partial charge < -0.3 is 5.73 Å². The number of nitrogens with one attached hydrogen (secondary N) is 1. The maximum absolute atomic E-state index is 12.3. The van der Waals surface area contributed by atoms with Crippen LogP contribution in [0.2, 0.25) is 5.02 Å². The van der Waals surface area contributed by atoms with Gasteiger partial charge in [-0.2, -0.15) is 5.26 Å². The number of nitrogens with zero attached hydrogens (tertiary/aromatic N) is 1. The number of hydrogen-bond acceptors (Lipinski definition) is 4. The third-order valence-electron chi connectivity index (χ3n) is 2.62. The first kappa shape index (κ1) is 15.6. The molecular formula is C13H9BrClN3O2S. The van der Waals surface area contributed by atoms with E-state index in [0.717, 1.165) is 0 Å². The Morgan fingerprint density at radius 1 is 1.24 bits per heavy atom. The second kappa shape index (κ2) is 5.93. The van der Waals surface area contributed by atoms with Crippen molar-refractivity contribution >= 4 is 48.9 Å². The zero-order valence-corrected chi connectivity index (χ0v) is 13.6. The first-order valence-corrected chi connectivity index (χ1v) is 8.26. The summed E-state index contributed by atoms with van der Waals surface area (Å²) in [4.78, 5) is -0.0313. The molecule has 0 aliphatic carbocycles. The molecule has 3 N–H and O–H groups in total. The number of nitrogen functional groups attached to an aromatic ring is 1. The normalized spacial score (nSPS) is 10.9. The monoisotopic (exact) mass is 385 g/mol. The molecule has 8 heteroatoms. The summed E-state index contributed by atoms with van der Waals surface area (Å²) in [6.45, 7) is 0. The molecule has 0 fully saturated rings. The highest BCUT2D eigenvalue weighted by Gasteiger charge is 2.17. The van der Waals surface area contributed by atoms with Gasteiger partial charge >= 0.3 is 0 Å². The molecule has 0 unspecified atom stereocenters. The number of benzene rings is 2. The van der Waals surface area contributed by atoms with Gasteiger partial charge in [-0.15, -0.1) is 0 Å². The van der Waals surface area contributed by atoms with E-state index >= 15 is 0 Å². The molecule has 0 spiro atoms. The van der Waals surface area contributed by atoms with Crippen molar-refractivity contribution in [3.63, 3.8) is 0 Å². The molecule has 0 aliphatic rings. The number of rotatable bonds is 3. The minimum Gasteiger partial charge on any atom is -0.397 e. The number of sulfonamides is 1. The summed E-state index contributed by atoms with van der Waals surface area (Å²) in [7, 11) is -3.85. The molecule has 0 aliphatic heterocycles. The summed E-state index contributed by atoms with van der Waals surface area (Å²) >= 11 is 8.99. The Bertz CT molecular complexity index is 847. The number of nitrogens with two attached hydrogens (primary N) is 1. The average Bonchev–Trinajstić information content (AvgIpc) is 2.43. The minimum atomic E-state index is -3.85. The van der Waals surface area contributed by atoms with E-state index in [1.54, 1.807) is 6.07 Å². The standard InChI is InChI=1S/C13H9BrClN3O2S/c14-9-1-4-13(8(5-9)7-16)18-21(19,20)10-2-3-11(15)12(17)6-10/h1-6,18H,17H2. The van der Waals surface area contributed by atoms with Crippen LogP contribution in [0.1, 0.15) is 5.56 Å². The fraction of sp³-hybridized carbons (Fsp3) is 0. The molecule has 0 aromatic heterocycles. The largest absolute Gasteiger partial charge is 0.397 e. The lowest BCUT2D eigenvalue weighted by molar-refractivity contribution is 0.601. The Morgan fingerprint density at radius 3 is 2.57 bits per heavy atom. The van der Waals surface area contributed by atoms with E-state index in [-0.39, 0.29) is 26.9 Å². The van der Waals surface area contributed by atoms with E-state index in [0.29, 0.717) is 4.47 Å². The zero-order chi connectivity index (χ0) is 15.6. The van der Waals surface area contributed by atoms with E-state index in [1.807, 2.05) is 6.07 Å². The van der Waals surface area contributed by atoms with Gasteiger partial charge in [0.1, 0.15) is 6.07 Å². The summed E-state index contributed by atoms with van der Waals surface area (Å²) in [6.07, 6.45) is 0. The van der Waals surface area contributed by atoms with Gasteiger partial charge in [-0.05, 0) is 36.4 Å². The molecule has 0 heterocycles. The van der Waals surface area contributed by atoms with Crippen LogP contribution in [0.4, 0.5) is 11.4 Å². The van der Waals surface area contributed by atoms with Crippen molar-refractivity contribution in [2.24, 2.45) is 0 Å². The lowest BCUT2D eigenvalue weighted by atomic mass is 10.2. The first-order chi connectivity index (χ1) is 9.83. The fourth-order valence-electron chi connectivity index (χ4n) is 1.59. The van der Waals surface area contributed by atoms with Crippen molar-refractivity contribution < 1.29 is 8.42 Å². The van der Waals surface area contributed by atoms with Crippen LogP contribution >= 0.6 is 27.5 Å². The number of anilines is 2. The van der Waals surface area contributed by atoms with Crippen molar-refractivity contribution in [3.8, 4) is 6.07 Å². The highest BCUT2D eigenvalue weighted by atomic mass is 79.9. The third kappa shape index (κ3) is 3.47. The molecular weight excluding hydrogens is 378 g/mol. The van der Waals surface area contributed by atoms with Crippen LogP contribution in [0.15, 0.2) is 45.8 Å². The van der Waals surface area contributed by atoms with Crippen molar-refractivity contribution in [1.82, 2.24) is 0 Å². The summed E-state index contributed by atoms with van der Waals surface area (Å²) in [5, 5.41) is 9.32. The topological polar surface area (TPSA) is 96.0 Å². The van der Waals surface area contributed by atoms with E-state index in [1.165, 1.54) is 30.3 Å². The SMILES string of the molecule is N#Cc1cc(Br)ccc1NS(=O)(=O)c1ccc(Cl)c(N)c1. The molecule has 2 aromatic rings. The molecule has 2 aromatic carbocycles. The Kier molecular flexibility index (Phi) is 4.42. The van der Waals surface area contributed by atoms with Gasteiger partial charge in [0.15, 0.2) is 0 Å². The number of nitriles is 1. The predicted molar refractivity (Wildman–Crippen MR) is 85.5 cm³/mol. The number of hydrogen-bond donors (Lipinski definition) is 2. The van der Waals surface area contributed by atoms with E-state index in [9.17, 15) is 8.42 Å². The second-order valence-electron chi connectivity index (χ2n) is 4.09. The van der Waals surface area contributed by atoms with Crippen LogP contribution < -0.4 is 10.5 Å². The van der Waals surface area contributed by atoms with Crippen LogP contribution in [0, 0.1) is 11.3 Å². The van der Waals surface area contributed by atoms with Crippen molar-refractivity contribution in [2.45, 2.75) is 4.90 Å². The van der Waals surface area contributed by atoms with Crippen LogP contribution in [0.5, 0.6) is 0 Å². The van der Waals surface area contributed by atoms with Crippen LogP contribution in [0.3, 0.4) is 0 Å². The molecule has 5 nitrogen and oxygen atoms in total. The van der Waals surface area contributed by atoms with Crippen LogP contribution in [-0.4, -0.2) is 8.42 Å². The highest BCUT2D eigenvalue weighted by molar-refractivity contribution is 9.10. The summed E-state index contributed by atoms with van der Waals surface area (Å²) in [5.74, 6) is 0. The van der Waals surface area contributed by atoms with Gasteiger partial charge in [0.25, 0.3) is 10.0 Å². The van der Waals surface area contributed by atoms with E-state index in [2.05, 4.69) is 20.7 Å². The average molecular weight is 387 g/mol. The smallest absolute Gasteiger partial charge is 0.262 e. The Morgan fingerprint density at radius 2 is 1.95 bits per heavy atom. The summed E-state index contributed by atoms with van der Waals surface area (Å²) < 4.78 is 27.6. The Hall–Kier alpha value is -1.75. The molecule has 108 valence electrons. The van der Waals surface area contributed by atoms with Gasteiger partial charge in [0.2, 0.25) is 0 Å². The van der Waals surface area contributed by atoms with Gasteiger partial charge in [-0.3, -0.25) is 4.72 Å². The summed E-state index contributed by atoms with van der Waals surface area (Å²) in [6, 6.07) is 10.6. The predicted octanol–water partition coefficient (Wildman–Crippen LogP) is 3.36. The lowest BCUT2D eigenvalue weighted by Crippen LogP contribution is -2.14. The second-order valence-corrected chi connectivity index (χ2v) is 7.10. The molecule has 0 atom stereocenters. The first-order valence-electron chi connectivity index (χ1n) is 5.61. The fourth-order valence-corrected chi connectivity index (χ4v) is 3.18. The Balaban J connectivity index is 2.42. The number of halogens is 2. The molecule has 0 amide bonds. The lowest BCUT2D eigenvalue weighted by Gasteiger charge is -2.10. The molecule has 0 radical (unpaired) electrons. The van der Waals surface area contributed by atoms with Gasteiger partial charge in [0.05, 0.1) is 26.9 Å². The van der Waals surface area contributed by atoms with E-state index in [4.69, 9.17) is 22.6 Å². The highest BCUT2D eigenvalue weighted by Crippen LogP contribution is 2.26. The van der Waals surface area contributed by atoms with Gasteiger partial charge in [-0.1, -0.05) is 27.5 Å². The van der Waals surface area contributed by atoms with Crippen molar-refractivity contribution in [1.29, 1.82) is 5.26 Å². The summed E-state index contributed by atoms with van der Waals surface area (Å²) in [5.41, 5.74) is 6.16. The maximum Gasteiger partial charge on any atom is 0.262 e. The van der Waals surface area contributed by atoms with Gasteiger partial charge in [0, 0.05) is 4.47 Å². The van der Waals surface area contributed by atoms with Crippen LogP contribution in [-0.2, 0) is 10.0 Å². The van der Waals surface area contributed by atoms with Crippen molar-refractivity contribution in [2.75, 3.05) is 10.5 Å². The molecule has 21 heavy (non-hydrogen) atoms. The minimum absolute atomic E-state index is 0.0313. The van der Waals surface area contributed by atoms with Crippen molar-refractivity contribution in [3.05, 3.63) is 51.5 Å². The maximum atomic E-state index is 12.3. The van der Waals surface area contributed by atoms with Gasteiger partial charge in [-0.25, -0.2) is 8.42 Å². The molecule has 0 saturated carbocycles. The quantitative estimate of drug-likeness (QED) is 0.791. The van der Waals surface area contributed by atoms with Crippen LogP contribution in [0.25, 0.3) is 0 Å². The van der Waals surface area contributed by atoms with E-state index < -0.39 is 10.0 Å². The zero-order valence-electron chi connectivity index (χ0n) is 10.5. The molecule has 2 rings (SSSR count). The molecule has 0 bridgehead atoms. The third-order valence-corrected chi connectivity index (χ3v) is 4.82.